The quantitative estimate of drug-likeness (QED) is 0.237. The van der Waals surface area contributed by atoms with Gasteiger partial charge >= 0.3 is 5.97 Å². The number of hydrogen-bond acceptors (Lipinski definition) is 8. The lowest BCUT2D eigenvalue weighted by Gasteiger charge is -2.22. The van der Waals surface area contributed by atoms with Crippen LogP contribution in [0.3, 0.4) is 0 Å². The van der Waals surface area contributed by atoms with Crippen LogP contribution in [-0.2, 0) is 14.5 Å². The molecule has 0 radical (unpaired) electrons. The number of rotatable bonds is 4. The lowest BCUT2D eigenvalue weighted by atomic mass is 10.0. The topological polar surface area (TPSA) is 139 Å². The fourth-order valence-electron chi connectivity index (χ4n) is 1.16. The van der Waals surface area contributed by atoms with Gasteiger partial charge in [0.2, 0.25) is 0 Å². The minimum absolute atomic E-state index is 0.761. The van der Waals surface area contributed by atoms with Gasteiger partial charge in [-0.05, 0) is 0 Å². The maximum Gasteiger partial charge on any atom is 0.399 e. The van der Waals surface area contributed by atoms with E-state index in [1.165, 1.54) is 0 Å². The van der Waals surface area contributed by atoms with Gasteiger partial charge in [0.15, 0.2) is 0 Å². The summed E-state index contributed by atoms with van der Waals surface area (Å²) in [7, 11) is 0. The molecule has 0 aromatic rings. The van der Waals surface area contributed by atoms with Crippen molar-refractivity contribution in [2.24, 2.45) is 0 Å². The Bertz CT molecular complexity index is 240. The summed E-state index contributed by atoms with van der Waals surface area (Å²) in [5, 5.41) is 45.4. The van der Waals surface area contributed by atoms with Gasteiger partial charge in [-0.25, -0.2) is 0 Å². The molecule has 2 heterocycles. The summed E-state index contributed by atoms with van der Waals surface area (Å²) in [6.45, 7) is -0.761. The standard InChI is InChI=1S/C6H10O8/c7-1-2(8)3(9)4(10)5(11)6(12-5)13-14-6/h2-4,7-11H,1H2/t2-,3+,4+,5+/m1/s1. The van der Waals surface area contributed by atoms with E-state index in [0.717, 1.165) is 0 Å². The summed E-state index contributed by atoms with van der Waals surface area (Å²) < 4.78 is 4.49. The highest BCUT2D eigenvalue weighted by Gasteiger charge is 2.89. The van der Waals surface area contributed by atoms with Crippen molar-refractivity contribution in [2.75, 3.05) is 6.61 Å². The SMILES string of the molecule is OC[C@@H](O)[C@H](O)[C@H](O)[C@]1(O)OC12OO2. The molecule has 2 saturated heterocycles. The first-order chi connectivity index (χ1) is 6.47. The Morgan fingerprint density at radius 1 is 1.14 bits per heavy atom. The molecule has 4 atom stereocenters. The highest BCUT2D eigenvalue weighted by atomic mass is 17.5. The maximum absolute atomic E-state index is 9.43. The van der Waals surface area contributed by atoms with Crippen molar-refractivity contribution in [3.05, 3.63) is 0 Å². The molecule has 0 unspecified atom stereocenters. The molecular formula is C6H10O8. The van der Waals surface area contributed by atoms with Crippen LogP contribution in [0.5, 0.6) is 0 Å². The Hall–Kier alpha value is -0.320. The second kappa shape index (κ2) is 2.84. The van der Waals surface area contributed by atoms with Crippen molar-refractivity contribution in [3.8, 4) is 0 Å². The molecule has 1 spiro atoms. The van der Waals surface area contributed by atoms with Gasteiger partial charge in [-0.15, -0.1) is 0 Å². The van der Waals surface area contributed by atoms with Crippen LogP contribution >= 0.6 is 0 Å². The number of aliphatic hydroxyl groups excluding tert-OH is 4. The lowest BCUT2D eigenvalue weighted by Crippen LogP contribution is -2.49. The third kappa shape index (κ3) is 1.17. The maximum atomic E-state index is 9.43. The predicted molar refractivity (Wildman–Crippen MR) is 36.0 cm³/mol. The highest BCUT2D eigenvalue weighted by molar-refractivity contribution is 5.06. The minimum atomic E-state index is -2.19. The van der Waals surface area contributed by atoms with Crippen LogP contribution in [0.4, 0.5) is 0 Å². The molecule has 8 heteroatoms. The van der Waals surface area contributed by atoms with Crippen LogP contribution in [0.15, 0.2) is 0 Å². The van der Waals surface area contributed by atoms with E-state index in [0.29, 0.717) is 0 Å². The first-order valence-electron chi connectivity index (χ1n) is 3.91. The van der Waals surface area contributed by atoms with E-state index in [4.69, 9.17) is 10.2 Å². The number of aliphatic hydroxyl groups is 5. The summed E-state index contributed by atoms with van der Waals surface area (Å²) in [5.74, 6) is -3.90. The fourth-order valence-corrected chi connectivity index (χ4v) is 1.16. The van der Waals surface area contributed by atoms with Gasteiger partial charge in [0.25, 0.3) is 5.79 Å². The normalized spacial score (nSPS) is 39.2. The third-order valence-corrected chi connectivity index (χ3v) is 2.23. The second-order valence-corrected chi connectivity index (χ2v) is 3.21. The molecule has 14 heavy (non-hydrogen) atoms. The van der Waals surface area contributed by atoms with Gasteiger partial charge in [-0.2, -0.15) is 9.78 Å². The predicted octanol–water partition coefficient (Wildman–Crippen LogP) is -3.60. The van der Waals surface area contributed by atoms with Crippen molar-refractivity contribution in [2.45, 2.75) is 30.1 Å². The molecule has 0 bridgehead atoms. The van der Waals surface area contributed by atoms with E-state index in [1.807, 2.05) is 0 Å². The summed E-state index contributed by atoms with van der Waals surface area (Å²) in [4.78, 5) is 8.44. The molecule has 5 N–H and O–H groups in total. The zero-order chi connectivity index (χ0) is 10.6. The van der Waals surface area contributed by atoms with Gasteiger partial charge in [0, 0.05) is 0 Å². The minimum Gasteiger partial charge on any atom is -0.394 e. The molecule has 8 nitrogen and oxygen atoms in total. The molecule has 2 rings (SSSR count). The van der Waals surface area contributed by atoms with E-state index < -0.39 is 36.7 Å². The average Bonchev–Trinajstić information content (AvgIpc) is 3.05. The molecule has 2 aliphatic rings. The van der Waals surface area contributed by atoms with E-state index in [2.05, 4.69) is 14.5 Å². The fraction of sp³-hybridized carbons (Fsp3) is 1.00. The summed E-state index contributed by atoms with van der Waals surface area (Å²) in [6.07, 6.45) is -5.20. The van der Waals surface area contributed by atoms with Crippen LogP contribution in [-0.4, -0.2) is 62.2 Å². The Balaban J connectivity index is 1.98. The van der Waals surface area contributed by atoms with E-state index >= 15 is 0 Å². The summed E-state index contributed by atoms with van der Waals surface area (Å²) >= 11 is 0. The van der Waals surface area contributed by atoms with Gasteiger partial charge in [-0.1, -0.05) is 0 Å². The molecule has 0 saturated carbocycles. The van der Waals surface area contributed by atoms with Crippen LogP contribution in [0, 0.1) is 0 Å². The second-order valence-electron chi connectivity index (χ2n) is 3.21. The average molecular weight is 210 g/mol. The molecule has 82 valence electrons. The molecule has 2 aliphatic heterocycles. The van der Waals surface area contributed by atoms with Gasteiger partial charge in [0.1, 0.15) is 18.3 Å². The molecule has 0 aliphatic carbocycles. The highest BCUT2D eigenvalue weighted by Crippen LogP contribution is 2.60. The van der Waals surface area contributed by atoms with Gasteiger partial charge in [0.05, 0.1) is 6.61 Å². The molecule has 0 amide bonds. The van der Waals surface area contributed by atoms with Crippen molar-refractivity contribution in [1.82, 2.24) is 0 Å². The van der Waals surface area contributed by atoms with Crippen LogP contribution in [0.1, 0.15) is 0 Å². The Morgan fingerprint density at radius 2 is 1.71 bits per heavy atom. The van der Waals surface area contributed by atoms with Gasteiger partial charge < -0.3 is 25.5 Å². The van der Waals surface area contributed by atoms with Crippen molar-refractivity contribution in [1.29, 1.82) is 0 Å². The van der Waals surface area contributed by atoms with E-state index in [1.54, 1.807) is 0 Å². The van der Waals surface area contributed by atoms with Crippen LogP contribution in [0.2, 0.25) is 0 Å². The van der Waals surface area contributed by atoms with Gasteiger partial charge in [-0.3, -0.25) is 4.74 Å². The number of epoxide rings is 1. The lowest BCUT2D eigenvalue weighted by molar-refractivity contribution is -0.155. The molecular weight excluding hydrogens is 200 g/mol. The zero-order valence-corrected chi connectivity index (χ0v) is 6.90. The third-order valence-electron chi connectivity index (χ3n) is 2.23. The first-order valence-corrected chi connectivity index (χ1v) is 3.91. The zero-order valence-electron chi connectivity index (χ0n) is 6.90. The monoisotopic (exact) mass is 210 g/mol. The molecule has 0 aromatic heterocycles. The largest absolute Gasteiger partial charge is 0.399 e. The van der Waals surface area contributed by atoms with E-state index in [9.17, 15) is 15.3 Å². The van der Waals surface area contributed by atoms with Crippen molar-refractivity contribution < 1.29 is 40.0 Å². The Morgan fingerprint density at radius 3 is 2.07 bits per heavy atom. The van der Waals surface area contributed by atoms with Crippen molar-refractivity contribution in [3.63, 3.8) is 0 Å². The Kier molecular flexibility index (Phi) is 2.07. The summed E-state index contributed by atoms with van der Waals surface area (Å²) in [5.41, 5.74) is 0. The summed E-state index contributed by atoms with van der Waals surface area (Å²) in [6, 6.07) is 0. The van der Waals surface area contributed by atoms with Crippen LogP contribution < -0.4 is 0 Å². The smallest absolute Gasteiger partial charge is 0.394 e. The van der Waals surface area contributed by atoms with Crippen LogP contribution in [0.25, 0.3) is 0 Å². The first kappa shape index (κ1) is 10.2. The Labute approximate surface area is 77.8 Å². The molecule has 0 aromatic carbocycles. The van der Waals surface area contributed by atoms with E-state index in [-0.39, 0.29) is 0 Å². The van der Waals surface area contributed by atoms with Crippen molar-refractivity contribution >= 4 is 0 Å². The number of ether oxygens (including phenoxy) is 1. The number of hydrogen-bond donors (Lipinski definition) is 5. The molecule has 2 fully saturated rings.